The number of hydrogen-bond acceptors (Lipinski definition) is 3. The van der Waals surface area contributed by atoms with Crippen LogP contribution in [0.4, 0.5) is 0 Å². The average Bonchev–Trinajstić information content (AvgIpc) is 2.86. The average molecular weight is 284 g/mol. The number of rotatable bonds is 2. The maximum atomic E-state index is 12.6. The Labute approximate surface area is 123 Å². The van der Waals surface area contributed by atoms with Gasteiger partial charge in [-0.05, 0) is 44.0 Å². The van der Waals surface area contributed by atoms with Gasteiger partial charge in [-0.3, -0.25) is 4.79 Å². The number of benzene rings is 1. The molecule has 0 spiro atoms. The van der Waals surface area contributed by atoms with E-state index >= 15 is 0 Å². The normalized spacial score (nSPS) is 28.0. The number of carbonyl (C=O) groups excluding carboxylic acids is 1. The lowest BCUT2D eigenvalue weighted by Crippen LogP contribution is -2.57. The molecule has 3 aliphatic rings. The lowest BCUT2D eigenvalue weighted by atomic mass is 9.84. The Hall–Kier alpha value is -1.88. The second-order valence-electron chi connectivity index (χ2n) is 6.20. The van der Waals surface area contributed by atoms with E-state index in [9.17, 15) is 4.79 Å². The Bertz CT molecular complexity index is 685. The number of amides is 1. The van der Waals surface area contributed by atoms with Gasteiger partial charge in [-0.15, -0.1) is 0 Å². The first-order valence-corrected chi connectivity index (χ1v) is 7.67. The van der Waals surface area contributed by atoms with E-state index < -0.39 is 0 Å². The van der Waals surface area contributed by atoms with Crippen LogP contribution in [-0.4, -0.2) is 46.0 Å². The van der Waals surface area contributed by atoms with E-state index in [1.165, 1.54) is 25.9 Å². The number of aromatic nitrogens is 2. The SMILES string of the molecule is Cn1c(C(=O)N[C@@H]2CN3CCC2CC3)nc2ccccc21. The molecule has 110 valence electrons. The molecule has 0 saturated carbocycles. The molecule has 0 unspecified atom stereocenters. The summed E-state index contributed by atoms with van der Waals surface area (Å²) >= 11 is 0. The predicted molar refractivity (Wildman–Crippen MR) is 81.1 cm³/mol. The molecular weight excluding hydrogens is 264 g/mol. The van der Waals surface area contributed by atoms with E-state index in [4.69, 9.17) is 0 Å². The molecule has 2 aromatic rings. The van der Waals surface area contributed by atoms with Crippen molar-refractivity contribution in [3.05, 3.63) is 30.1 Å². The van der Waals surface area contributed by atoms with Gasteiger partial charge in [-0.2, -0.15) is 0 Å². The van der Waals surface area contributed by atoms with E-state index in [1.54, 1.807) is 0 Å². The van der Waals surface area contributed by atoms with Gasteiger partial charge in [0, 0.05) is 19.6 Å². The summed E-state index contributed by atoms with van der Waals surface area (Å²) in [5.74, 6) is 1.09. The second kappa shape index (κ2) is 4.84. The van der Waals surface area contributed by atoms with Crippen LogP contribution in [0.15, 0.2) is 24.3 Å². The summed E-state index contributed by atoms with van der Waals surface area (Å²) in [4.78, 5) is 19.5. The first kappa shape index (κ1) is 12.8. The van der Waals surface area contributed by atoms with Gasteiger partial charge in [-0.1, -0.05) is 12.1 Å². The first-order chi connectivity index (χ1) is 10.2. The zero-order valence-electron chi connectivity index (χ0n) is 12.2. The molecule has 3 fully saturated rings. The Morgan fingerprint density at radius 2 is 2.05 bits per heavy atom. The topological polar surface area (TPSA) is 50.2 Å². The predicted octanol–water partition coefficient (Wildman–Crippen LogP) is 1.40. The zero-order chi connectivity index (χ0) is 14.4. The second-order valence-corrected chi connectivity index (χ2v) is 6.20. The first-order valence-electron chi connectivity index (χ1n) is 7.67. The van der Waals surface area contributed by atoms with Gasteiger partial charge in [0.1, 0.15) is 0 Å². The van der Waals surface area contributed by atoms with E-state index in [2.05, 4.69) is 15.2 Å². The zero-order valence-corrected chi connectivity index (χ0v) is 12.2. The minimum Gasteiger partial charge on any atom is -0.345 e. The summed E-state index contributed by atoms with van der Waals surface area (Å²) in [5, 5.41) is 3.20. The lowest BCUT2D eigenvalue weighted by Gasteiger charge is -2.44. The smallest absolute Gasteiger partial charge is 0.287 e. The highest BCUT2D eigenvalue weighted by Gasteiger charge is 2.35. The van der Waals surface area contributed by atoms with Crippen LogP contribution in [-0.2, 0) is 7.05 Å². The molecule has 5 nitrogen and oxygen atoms in total. The lowest BCUT2D eigenvalue weighted by molar-refractivity contribution is 0.0613. The van der Waals surface area contributed by atoms with Gasteiger partial charge in [0.2, 0.25) is 0 Å². The van der Waals surface area contributed by atoms with Crippen LogP contribution < -0.4 is 5.32 Å². The molecule has 3 saturated heterocycles. The number of aryl methyl sites for hydroxylation is 1. The van der Waals surface area contributed by atoms with E-state index in [1.807, 2.05) is 35.9 Å². The maximum Gasteiger partial charge on any atom is 0.287 e. The van der Waals surface area contributed by atoms with Crippen molar-refractivity contribution in [2.45, 2.75) is 18.9 Å². The van der Waals surface area contributed by atoms with Crippen molar-refractivity contribution >= 4 is 16.9 Å². The molecular formula is C16H20N4O. The highest BCUT2D eigenvalue weighted by Crippen LogP contribution is 2.27. The maximum absolute atomic E-state index is 12.6. The summed E-state index contributed by atoms with van der Waals surface area (Å²) in [6, 6.07) is 8.14. The minimum atomic E-state index is -0.0487. The summed E-state index contributed by atoms with van der Waals surface area (Å²) in [5.41, 5.74) is 1.87. The van der Waals surface area contributed by atoms with Crippen LogP contribution in [0.25, 0.3) is 11.0 Å². The molecule has 0 aliphatic carbocycles. The molecule has 3 aliphatic heterocycles. The summed E-state index contributed by atoms with van der Waals surface area (Å²) in [7, 11) is 1.90. The van der Waals surface area contributed by atoms with Crippen molar-refractivity contribution in [1.82, 2.24) is 19.8 Å². The number of nitrogens with one attached hydrogen (secondary N) is 1. The number of fused-ring (bicyclic) bond motifs is 4. The fraction of sp³-hybridized carbons (Fsp3) is 0.500. The van der Waals surface area contributed by atoms with Crippen molar-refractivity contribution in [3.63, 3.8) is 0 Å². The van der Waals surface area contributed by atoms with E-state index in [0.29, 0.717) is 11.7 Å². The van der Waals surface area contributed by atoms with Crippen LogP contribution in [0.2, 0.25) is 0 Å². The number of carbonyl (C=O) groups is 1. The number of nitrogens with zero attached hydrogens (tertiary/aromatic N) is 3. The number of piperidine rings is 3. The molecule has 5 rings (SSSR count). The van der Waals surface area contributed by atoms with Gasteiger partial charge in [-0.25, -0.2) is 4.98 Å². The Morgan fingerprint density at radius 1 is 1.29 bits per heavy atom. The molecule has 1 amide bonds. The van der Waals surface area contributed by atoms with Crippen molar-refractivity contribution in [2.75, 3.05) is 19.6 Å². The molecule has 1 N–H and O–H groups in total. The number of para-hydroxylation sites is 2. The Morgan fingerprint density at radius 3 is 2.71 bits per heavy atom. The summed E-state index contributed by atoms with van der Waals surface area (Å²) in [6.07, 6.45) is 2.40. The molecule has 2 bridgehead atoms. The molecule has 5 heteroatoms. The van der Waals surface area contributed by atoms with Crippen LogP contribution in [0.5, 0.6) is 0 Å². The van der Waals surface area contributed by atoms with Gasteiger partial charge in [0.15, 0.2) is 5.82 Å². The fourth-order valence-corrected chi connectivity index (χ4v) is 3.71. The van der Waals surface area contributed by atoms with Crippen LogP contribution in [0, 0.1) is 5.92 Å². The third-order valence-corrected chi connectivity index (χ3v) is 4.96. The summed E-state index contributed by atoms with van der Waals surface area (Å²) < 4.78 is 1.88. The third kappa shape index (κ3) is 2.12. The molecule has 1 atom stereocenters. The quantitative estimate of drug-likeness (QED) is 0.907. The van der Waals surface area contributed by atoms with Gasteiger partial charge in [0.05, 0.1) is 11.0 Å². The molecule has 1 aromatic heterocycles. The third-order valence-electron chi connectivity index (χ3n) is 4.96. The van der Waals surface area contributed by atoms with Gasteiger partial charge >= 0.3 is 0 Å². The molecule has 1 aromatic carbocycles. The van der Waals surface area contributed by atoms with Gasteiger partial charge in [0.25, 0.3) is 5.91 Å². The fourth-order valence-electron chi connectivity index (χ4n) is 3.71. The van der Waals surface area contributed by atoms with Crippen molar-refractivity contribution in [1.29, 1.82) is 0 Å². The molecule has 0 radical (unpaired) electrons. The Balaban J connectivity index is 1.58. The molecule has 21 heavy (non-hydrogen) atoms. The van der Waals surface area contributed by atoms with Crippen LogP contribution in [0.1, 0.15) is 23.5 Å². The molecule has 4 heterocycles. The number of imidazole rings is 1. The van der Waals surface area contributed by atoms with Crippen molar-refractivity contribution in [2.24, 2.45) is 13.0 Å². The summed E-state index contributed by atoms with van der Waals surface area (Å²) in [6.45, 7) is 3.35. The van der Waals surface area contributed by atoms with Crippen LogP contribution in [0.3, 0.4) is 0 Å². The van der Waals surface area contributed by atoms with E-state index in [-0.39, 0.29) is 11.9 Å². The Kier molecular flexibility index (Phi) is 2.96. The minimum absolute atomic E-state index is 0.0487. The monoisotopic (exact) mass is 284 g/mol. The van der Waals surface area contributed by atoms with Crippen molar-refractivity contribution in [3.8, 4) is 0 Å². The highest BCUT2D eigenvalue weighted by molar-refractivity contribution is 5.95. The van der Waals surface area contributed by atoms with Gasteiger partial charge < -0.3 is 14.8 Å². The highest BCUT2D eigenvalue weighted by atomic mass is 16.2. The largest absolute Gasteiger partial charge is 0.345 e. The van der Waals surface area contributed by atoms with E-state index in [0.717, 1.165) is 17.6 Å². The number of hydrogen-bond donors (Lipinski definition) is 1. The standard InChI is InChI=1S/C16H20N4O/c1-19-14-5-3-2-4-12(14)17-15(19)16(21)18-13-10-20-8-6-11(13)7-9-20/h2-5,11,13H,6-10H2,1H3,(H,18,21)/t13-/m1/s1. The van der Waals surface area contributed by atoms with Crippen molar-refractivity contribution < 1.29 is 4.79 Å². The van der Waals surface area contributed by atoms with Crippen LogP contribution >= 0.6 is 0 Å².